The molecule has 44 heavy (non-hydrogen) atoms. The molecule has 0 aliphatic carbocycles. The largest absolute Gasteiger partial charge is 0.481 e. The number of carbonyl (C=O) groups is 8. The number of benzene rings is 1. The van der Waals surface area contributed by atoms with Gasteiger partial charge in [-0.3, -0.25) is 38.4 Å². The third-order valence-corrected chi connectivity index (χ3v) is 6.16. The second-order valence-corrected chi connectivity index (χ2v) is 10.4. The summed E-state index contributed by atoms with van der Waals surface area (Å²) in [5.74, 6) is -9.19. The maximum Gasteiger partial charge on any atom is 0.305 e. The van der Waals surface area contributed by atoms with E-state index in [1.165, 1.54) is 6.08 Å². The second kappa shape index (κ2) is 17.8. The summed E-state index contributed by atoms with van der Waals surface area (Å²) >= 11 is 0. The Morgan fingerprint density at radius 3 is 1.73 bits per heavy atom. The van der Waals surface area contributed by atoms with Crippen LogP contribution in [0.4, 0.5) is 0 Å². The Bertz CT molecular complexity index is 1260. The van der Waals surface area contributed by atoms with E-state index >= 15 is 0 Å². The Morgan fingerprint density at radius 1 is 0.705 bits per heavy atom. The summed E-state index contributed by atoms with van der Waals surface area (Å²) in [7, 11) is 0. The van der Waals surface area contributed by atoms with Crippen LogP contribution in [0.1, 0.15) is 57.6 Å². The Morgan fingerprint density at radius 2 is 1.23 bits per heavy atom. The third-order valence-electron chi connectivity index (χ3n) is 6.16. The van der Waals surface area contributed by atoms with Crippen LogP contribution in [-0.4, -0.2) is 86.8 Å². The van der Waals surface area contributed by atoms with Gasteiger partial charge in [0.25, 0.3) is 0 Å². The fourth-order valence-electron chi connectivity index (χ4n) is 3.86. The molecule has 4 atom stereocenters. The Labute approximate surface area is 253 Å². The van der Waals surface area contributed by atoms with Gasteiger partial charge in [-0.15, -0.1) is 0 Å². The van der Waals surface area contributed by atoms with Crippen LogP contribution in [-0.2, 0) is 38.4 Å². The van der Waals surface area contributed by atoms with E-state index in [9.17, 15) is 43.5 Å². The molecule has 15 heteroatoms. The van der Waals surface area contributed by atoms with E-state index in [4.69, 9.17) is 10.2 Å². The maximum atomic E-state index is 13.2. The lowest BCUT2D eigenvalue weighted by atomic mass is 10.00. The number of carboxylic acids is 3. The van der Waals surface area contributed by atoms with Gasteiger partial charge in [0.15, 0.2) is 5.78 Å². The summed E-state index contributed by atoms with van der Waals surface area (Å²) < 4.78 is 0. The number of aryl methyl sites for hydroxylation is 1. The maximum absolute atomic E-state index is 13.2. The number of hydrogen-bond acceptors (Lipinski definition) is 8. The molecular weight excluding hydrogens is 580 g/mol. The Balaban J connectivity index is 3.16. The van der Waals surface area contributed by atoms with E-state index in [2.05, 4.69) is 21.3 Å². The highest BCUT2D eigenvalue weighted by molar-refractivity contribution is 6.02. The fraction of sp³-hybridized carbons (Fsp3) is 0.448. The second-order valence-electron chi connectivity index (χ2n) is 10.4. The average molecular weight is 619 g/mol. The van der Waals surface area contributed by atoms with E-state index in [-0.39, 0.29) is 0 Å². The number of aliphatic carboxylic acids is 3. The predicted molar refractivity (Wildman–Crippen MR) is 155 cm³/mol. The lowest BCUT2D eigenvalue weighted by Crippen LogP contribution is -2.59. The average Bonchev–Trinajstić information content (AvgIpc) is 2.91. The molecule has 1 aromatic rings. The summed E-state index contributed by atoms with van der Waals surface area (Å²) in [6, 6.07) is 1.13. The van der Waals surface area contributed by atoms with Gasteiger partial charge in [0, 0.05) is 13.3 Å². The zero-order valence-electron chi connectivity index (χ0n) is 24.8. The highest BCUT2D eigenvalue weighted by Crippen LogP contribution is 2.09. The minimum Gasteiger partial charge on any atom is -0.481 e. The first kappa shape index (κ1) is 36.9. The molecule has 240 valence electrons. The number of hydrogen-bond donors (Lipinski definition) is 7. The van der Waals surface area contributed by atoms with Gasteiger partial charge in [0.2, 0.25) is 23.6 Å². The zero-order valence-corrected chi connectivity index (χ0v) is 24.8. The number of nitrogens with one attached hydrogen (secondary N) is 4. The predicted octanol–water partition coefficient (Wildman–Crippen LogP) is 0.00662. The summed E-state index contributed by atoms with van der Waals surface area (Å²) in [6.45, 7) is 6.01. The molecule has 0 fully saturated rings. The summed E-state index contributed by atoms with van der Waals surface area (Å²) in [5, 5.41) is 36.6. The van der Waals surface area contributed by atoms with Gasteiger partial charge in [-0.05, 0) is 30.9 Å². The quantitative estimate of drug-likeness (QED) is 0.108. The molecule has 0 saturated heterocycles. The van der Waals surface area contributed by atoms with Crippen molar-refractivity contribution in [3.8, 4) is 0 Å². The molecule has 0 aliphatic rings. The van der Waals surface area contributed by atoms with Gasteiger partial charge in [0.1, 0.15) is 24.2 Å². The first-order chi connectivity index (χ1) is 20.5. The highest BCUT2D eigenvalue weighted by Gasteiger charge is 2.33. The zero-order chi connectivity index (χ0) is 33.6. The minimum absolute atomic E-state index is 0.455. The van der Waals surface area contributed by atoms with Crippen LogP contribution in [0.3, 0.4) is 0 Å². The van der Waals surface area contributed by atoms with Crippen molar-refractivity contribution >= 4 is 53.4 Å². The fourth-order valence-corrected chi connectivity index (χ4v) is 3.86. The topological polar surface area (TPSA) is 245 Å². The first-order valence-electron chi connectivity index (χ1n) is 13.6. The van der Waals surface area contributed by atoms with Crippen LogP contribution in [0.2, 0.25) is 0 Å². The minimum atomic E-state index is -1.58. The monoisotopic (exact) mass is 618 g/mol. The smallest absolute Gasteiger partial charge is 0.305 e. The molecule has 7 N–H and O–H groups in total. The highest BCUT2D eigenvalue weighted by atomic mass is 16.4. The van der Waals surface area contributed by atoms with Crippen molar-refractivity contribution in [2.24, 2.45) is 5.92 Å². The molecule has 0 heterocycles. The molecule has 0 saturated carbocycles. The van der Waals surface area contributed by atoms with E-state index < -0.39 is 103 Å². The number of carboxylic acid groups (broad SMARTS) is 3. The van der Waals surface area contributed by atoms with Crippen LogP contribution in [0.15, 0.2) is 30.3 Å². The number of amides is 4. The van der Waals surface area contributed by atoms with Gasteiger partial charge in [0.05, 0.1) is 12.8 Å². The van der Waals surface area contributed by atoms with Crippen LogP contribution >= 0.6 is 0 Å². The number of ketones is 1. The number of rotatable bonds is 18. The molecule has 4 amide bonds. The van der Waals surface area contributed by atoms with Crippen molar-refractivity contribution in [1.82, 2.24) is 21.3 Å². The van der Waals surface area contributed by atoms with Crippen molar-refractivity contribution in [3.63, 3.8) is 0 Å². The van der Waals surface area contributed by atoms with Crippen molar-refractivity contribution in [1.29, 1.82) is 0 Å². The first-order valence-corrected chi connectivity index (χ1v) is 13.6. The lowest BCUT2D eigenvalue weighted by molar-refractivity contribution is -0.142. The Hall–Kier alpha value is -5.08. The summed E-state index contributed by atoms with van der Waals surface area (Å²) in [5.41, 5.74) is 1.65. The third kappa shape index (κ3) is 13.7. The van der Waals surface area contributed by atoms with Crippen LogP contribution in [0, 0.1) is 12.8 Å². The molecule has 0 unspecified atom stereocenters. The van der Waals surface area contributed by atoms with Gasteiger partial charge in [-0.1, -0.05) is 49.8 Å². The van der Waals surface area contributed by atoms with Gasteiger partial charge in [-0.25, -0.2) is 0 Å². The van der Waals surface area contributed by atoms with Gasteiger partial charge < -0.3 is 36.6 Å². The van der Waals surface area contributed by atoms with Crippen molar-refractivity contribution in [2.75, 3.05) is 0 Å². The van der Waals surface area contributed by atoms with E-state index in [1.54, 1.807) is 26.0 Å². The summed E-state index contributed by atoms with van der Waals surface area (Å²) in [4.78, 5) is 97.2. The van der Waals surface area contributed by atoms with E-state index in [0.717, 1.165) is 18.6 Å². The molecule has 1 aromatic carbocycles. The van der Waals surface area contributed by atoms with Crippen molar-refractivity contribution in [2.45, 2.75) is 77.5 Å². The lowest BCUT2D eigenvalue weighted by Gasteiger charge is -2.27. The van der Waals surface area contributed by atoms with Crippen molar-refractivity contribution in [3.05, 3.63) is 41.5 Å². The van der Waals surface area contributed by atoms with Crippen LogP contribution < -0.4 is 21.3 Å². The normalized spacial score (nSPS) is 13.7. The molecule has 0 bridgehead atoms. The molecule has 0 spiro atoms. The van der Waals surface area contributed by atoms with E-state index in [1.807, 2.05) is 19.1 Å². The molecule has 1 rings (SSSR count). The molecular formula is C29H38N4O11. The SMILES string of the molecule is CC(=O)N[C@@H](CC(=O)O)C(=O)N[C@@H](CCC(=O)O)C(=O)N[C@H](C(=O)N[C@@H](CC(=O)O)C(=O)/C=C/c1ccc(C)cc1)C(C)C. The van der Waals surface area contributed by atoms with Gasteiger partial charge in [-0.2, -0.15) is 0 Å². The van der Waals surface area contributed by atoms with Crippen LogP contribution in [0.25, 0.3) is 6.08 Å². The molecule has 15 nitrogen and oxygen atoms in total. The van der Waals surface area contributed by atoms with Crippen LogP contribution in [0.5, 0.6) is 0 Å². The Kier molecular flexibility index (Phi) is 14.9. The molecule has 0 aliphatic heterocycles. The van der Waals surface area contributed by atoms with Crippen molar-refractivity contribution < 1.29 is 53.7 Å². The standard InChI is InChI=1S/C29H38N4O11/c1-15(2)26(29(44)32-20(13-24(38)39)22(35)11-9-18-7-5-16(3)6-8-18)33-27(42)19(10-12-23(36)37)31-28(43)21(14-25(40)41)30-17(4)34/h5-9,11,15,19-21,26H,10,12-14H2,1-4H3,(H,30,34)(H,31,43)(H,32,44)(H,33,42)(H,36,37)(H,38,39)(H,40,41)/b11-9+/t19-,20-,21-,26-/m0/s1. The molecule has 0 aromatic heterocycles. The molecule has 0 radical (unpaired) electrons. The van der Waals surface area contributed by atoms with E-state index in [0.29, 0.717) is 5.56 Å². The van der Waals surface area contributed by atoms with Gasteiger partial charge >= 0.3 is 17.9 Å². The number of carbonyl (C=O) groups excluding carboxylic acids is 5. The summed E-state index contributed by atoms with van der Waals surface area (Å²) in [6.07, 6.45) is -0.0489.